The maximum atomic E-state index is 12.0. The van der Waals surface area contributed by atoms with Gasteiger partial charge in [0.2, 0.25) is 0 Å². The number of hydrogen-bond acceptors (Lipinski definition) is 6. The highest BCUT2D eigenvalue weighted by atomic mass is 79.9. The molecule has 126 valence electrons. The maximum Gasteiger partial charge on any atom is 0.308 e. The second kappa shape index (κ2) is 7.38. The van der Waals surface area contributed by atoms with Gasteiger partial charge in [-0.05, 0) is 56.0 Å². The highest BCUT2D eigenvalue weighted by molar-refractivity contribution is 9.10. The van der Waals surface area contributed by atoms with E-state index < -0.39 is 5.60 Å². The molecule has 0 N–H and O–H groups in total. The molecule has 0 bridgehead atoms. The predicted octanol–water partition coefficient (Wildman–Crippen LogP) is 3.14. The van der Waals surface area contributed by atoms with E-state index in [4.69, 9.17) is 4.74 Å². The number of halogens is 1. The highest BCUT2D eigenvalue weighted by Crippen LogP contribution is 2.30. The van der Waals surface area contributed by atoms with Crippen LogP contribution >= 0.6 is 15.9 Å². The molecule has 0 aromatic carbocycles. The van der Waals surface area contributed by atoms with Crippen LogP contribution in [0.15, 0.2) is 10.8 Å². The number of rotatable bonds is 6. The van der Waals surface area contributed by atoms with Crippen LogP contribution in [-0.4, -0.2) is 40.4 Å². The first kappa shape index (κ1) is 17.8. The Morgan fingerprint density at radius 3 is 2.70 bits per heavy atom. The second-order valence-electron chi connectivity index (χ2n) is 6.63. The number of carbonyl (C=O) groups excluding carboxylic acids is 2. The number of anilines is 1. The maximum absolute atomic E-state index is 12.0. The van der Waals surface area contributed by atoms with Gasteiger partial charge < -0.3 is 9.64 Å². The predicted molar refractivity (Wildman–Crippen MR) is 90.6 cm³/mol. The number of nitrogens with zero attached hydrogens (tertiary/aromatic N) is 3. The summed E-state index contributed by atoms with van der Waals surface area (Å²) in [4.78, 5) is 33.8. The summed E-state index contributed by atoms with van der Waals surface area (Å²) >= 11 is 3.22. The molecular weight excluding hydrogens is 362 g/mol. The van der Waals surface area contributed by atoms with E-state index >= 15 is 0 Å². The number of hydrogen-bond donors (Lipinski definition) is 0. The standard InChI is InChI=1S/C16H22BrN3O3/c1-16(2,3)23-14(22)7-8-20(11-5-4-6-11)15-12(10-21)19-13(17)9-18-15/h9-11H,4-8H2,1-3H3. The van der Waals surface area contributed by atoms with Crippen LogP contribution in [0.3, 0.4) is 0 Å². The lowest BCUT2D eigenvalue weighted by molar-refractivity contribution is -0.154. The smallest absolute Gasteiger partial charge is 0.308 e. The summed E-state index contributed by atoms with van der Waals surface area (Å²) < 4.78 is 5.87. The Kier molecular flexibility index (Phi) is 5.73. The highest BCUT2D eigenvalue weighted by Gasteiger charge is 2.29. The Morgan fingerprint density at radius 1 is 1.48 bits per heavy atom. The van der Waals surface area contributed by atoms with Gasteiger partial charge in [0, 0.05) is 12.6 Å². The van der Waals surface area contributed by atoms with Gasteiger partial charge in [0.15, 0.2) is 12.1 Å². The van der Waals surface area contributed by atoms with Crippen LogP contribution in [0.25, 0.3) is 0 Å². The minimum absolute atomic E-state index is 0.250. The number of carbonyl (C=O) groups is 2. The number of aromatic nitrogens is 2. The summed E-state index contributed by atoms with van der Waals surface area (Å²) in [6.45, 7) is 6.01. The van der Waals surface area contributed by atoms with Crippen LogP contribution in [0.4, 0.5) is 5.82 Å². The molecule has 0 radical (unpaired) electrons. The third-order valence-electron chi connectivity index (χ3n) is 3.63. The van der Waals surface area contributed by atoms with E-state index in [9.17, 15) is 9.59 Å². The first-order valence-electron chi connectivity index (χ1n) is 7.76. The van der Waals surface area contributed by atoms with Crippen molar-refractivity contribution >= 4 is 34.0 Å². The SMILES string of the molecule is CC(C)(C)OC(=O)CCN(c1ncc(Br)nc1C=O)C1CCC1. The summed E-state index contributed by atoms with van der Waals surface area (Å²) in [6, 6.07) is 0.298. The third-order valence-corrected chi connectivity index (χ3v) is 4.01. The number of ether oxygens (including phenoxy) is 1. The zero-order chi connectivity index (χ0) is 17.0. The van der Waals surface area contributed by atoms with Gasteiger partial charge in [-0.15, -0.1) is 0 Å². The van der Waals surface area contributed by atoms with Crippen molar-refractivity contribution in [3.63, 3.8) is 0 Å². The van der Waals surface area contributed by atoms with E-state index in [1.165, 1.54) is 0 Å². The summed E-state index contributed by atoms with van der Waals surface area (Å²) in [7, 11) is 0. The minimum Gasteiger partial charge on any atom is -0.460 e. The minimum atomic E-state index is -0.496. The first-order chi connectivity index (χ1) is 10.8. The topological polar surface area (TPSA) is 72.4 Å². The average molecular weight is 384 g/mol. The molecule has 23 heavy (non-hydrogen) atoms. The molecule has 1 saturated carbocycles. The molecule has 0 saturated heterocycles. The summed E-state index contributed by atoms with van der Waals surface area (Å²) in [6.07, 6.45) is 5.74. The van der Waals surface area contributed by atoms with Crippen LogP contribution < -0.4 is 4.90 Å². The van der Waals surface area contributed by atoms with E-state index in [2.05, 4.69) is 25.9 Å². The fourth-order valence-corrected chi connectivity index (χ4v) is 2.73. The Balaban J connectivity index is 2.12. The van der Waals surface area contributed by atoms with Crippen molar-refractivity contribution in [2.24, 2.45) is 0 Å². The lowest BCUT2D eigenvalue weighted by Gasteiger charge is -2.38. The molecule has 1 heterocycles. The molecule has 6 nitrogen and oxygen atoms in total. The molecule has 0 atom stereocenters. The average Bonchev–Trinajstić information content (AvgIpc) is 2.39. The van der Waals surface area contributed by atoms with Crippen molar-refractivity contribution in [1.29, 1.82) is 0 Å². The van der Waals surface area contributed by atoms with Gasteiger partial charge in [0.25, 0.3) is 0 Å². The van der Waals surface area contributed by atoms with Crippen LogP contribution in [0.5, 0.6) is 0 Å². The first-order valence-corrected chi connectivity index (χ1v) is 8.55. The van der Waals surface area contributed by atoms with Gasteiger partial charge in [-0.3, -0.25) is 9.59 Å². The van der Waals surface area contributed by atoms with Crippen molar-refractivity contribution in [2.75, 3.05) is 11.4 Å². The van der Waals surface area contributed by atoms with Gasteiger partial charge in [-0.2, -0.15) is 0 Å². The van der Waals surface area contributed by atoms with Crippen molar-refractivity contribution in [3.05, 3.63) is 16.5 Å². The molecule has 0 spiro atoms. The molecule has 7 heteroatoms. The monoisotopic (exact) mass is 383 g/mol. The molecule has 1 aromatic heterocycles. The number of esters is 1. The molecule has 1 fully saturated rings. The van der Waals surface area contributed by atoms with E-state index in [0.29, 0.717) is 29.3 Å². The van der Waals surface area contributed by atoms with Crippen molar-refractivity contribution in [2.45, 2.75) is 58.1 Å². The van der Waals surface area contributed by atoms with Gasteiger partial charge in [0.1, 0.15) is 15.9 Å². The van der Waals surface area contributed by atoms with Gasteiger partial charge >= 0.3 is 5.97 Å². The summed E-state index contributed by atoms with van der Waals surface area (Å²) in [5, 5.41) is 0. The zero-order valence-corrected chi connectivity index (χ0v) is 15.3. The number of aldehydes is 1. The van der Waals surface area contributed by atoms with Crippen LogP contribution in [-0.2, 0) is 9.53 Å². The fraction of sp³-hybridized carbons (Fsp3) is 0.625. The lowest BCUT2D eigenvalue weighted by atomic mass is 9.91. The quantitative estimate of drug-likeness (QED) is 0.554. The van der Waals surface area contributed by atoms with Crippen molar-refractivity contribution in [1.82, 2.24) is 9.97 Å². The van der Waals surface area contributed by atoms with Crippen molar-refractivity contribution < 1.29 is 14.3 Å². The molecule has 2 rings (SSSR count). The molecule has 0 unspecified atom stereocenters. The Morgan fingerprint density at radius 2 is 2.17 bits per heavy atom. The van der Waals surface area contributed by atoms with Crippen LogP contribution in [0.1, 0.15) is 56.9 Å². The molecule has 1 aliphatic rings. The van der Waals surface area contributed by atoms with Gasteiger partial charge in [0.05, 0.1) is 12.6 Å². The zero-order valence-electron chi connectivity index (χ0n) is 13.7. The van der Waals surface area contributed by atoms with E-state index in [1.54, 1.807) is 6.20 Å². The summed E-state index contributed by atoms with van der Waals surface area (Å²) in [5.74, 6) is 0.288. The Bertz CT molecular complexity index is 582. The normalized spacial score (nSPS) is 15.0. The molecule has 1 aromatic rings. The molecule has 1 aliphatic carbocycles. The lowest BCUT2D eigenvalue weighted by Crippen LogP contribution is -2.43. The van der Waals surface area contributed by atoms with E-state index in [0.717, 1.165) is 19.3 Å². The van der Waals surface area contributed by atoms with Gasteiger partial charge in [-0.1, -0.05) is 0 Å². The van der Waals surface area contributed by atoms with Crippen LogP contribution in [0.2, 0.25) is 0 Å². The molecule has 0 aliphatic heterocycles. The summed E-state index contributed by atoms with van der Waals surface area (Å²) in [5.41, 5.74) is -0.209. The largest absolute Gasteiger partial charge is 0.460 e. The van der Waals surface area contributed by atoms with E-state index in [1.807, 2.05) is 25.7 Å². The Labute approximate surface area is 144 Å². The second-order valence-corrected chi connectivity index (χ2v) is 7.45. The van der Waals surface area contributed by atoms with E-state index in [-0.39, 0.29) is 18.1 Å². The third kappa shape index (κ3) is 4.99. The fourth-order valence-electron chi connectivity index (χ4n) is 2.44. The molecule has 0 amide bonds. The molecular formula is C16H22BrN3O3. The Hall–Kier alpha value is -1.50. The van der Waals surface area contributed by atoms with Crippen molar-refractivity contribution in [3.8, 4) is 0 Å². The van der Waals surface area contributed by atoms with Gasteiger partial charge in [-0.25, -0.2) is 9.97 Å². The van der Waals surface area contributed by atoms with Crippen LogP contribution in [0, 0.1) is 0 Å².